The lowest BCUT2D eigenvalue weighted by molar-refractivity contribution is -0.0122. The highest BCUT2D eigenvalue weighted by atomic mass is 16.3. The van der Waals surface area contributed by atoms with Gasteiger partial charge >= 0.3 is 0 Å². The summed E-state index contributed by atoms with van der Waals surface area (Å²) in [4.78, 5) is 2.43. The first-order valence-electron chi connectivity index (χ1n) is 8.30. The van der Waals surface area contributed by atoms with E-state index in [9.17, 15) is 5.11 Å². The maximum Gasteiger partial charge on any atom is 0.0994 e. The van der Waals surface area contributed by atoms with E-state index in [4.69, 9.17) is 5.73 Å². The molecule has 1 aliphatic rings. The standard InChI is InChI=1S/C18H30N2O/c1-3-20(17-12-8-7-9-15(17)13-19)14-18(2,21)16-10-5-4-6-11-16/h4-6,10-11,15,17,21H,3,7-9,12-14,19H2,1-2H3. The van der Waals surface area contributed by atoms with Gasteiger partial charge in [0.2, 0.25) is 0 Å². The van der Waals surface area contributed by atoms with Crippen LogP contribution in [-0.4, -0.2) is 35.7 Å². The normalized spacial score (nSPS) is 25.8. The van der Waals surface area contributed by atoms with Crippen molar-refractivity contribution >= 4 is 0 Å². The molecule has 2 rings (SSSR count). The molecule has 3 heteroatoms. The van der Waals surface area contributed by atoms with E-state index in [1.165, 1.54) is 25.7 Å². The molecule has 1 saturated carbocycles. The van der Waals surface area contributed by atoms with Crippen molar-refractivity contribution in [1.29, 1.82) is 0 Å². The lowest BCUT2D eigenvalue weighted by Crippen LogP contribution is -2.50. The summed E-state index contributed by atoms with van der Waals surface area (Å²) in [6, 6.07) is 10.5. The van der Waals surface area contributed by atoms with Crippen LogP contribution in [0, 0.1) is 5.92 Å². The zero-order valence-corrected chi connectivity index (χ0v) is 13.5. The summed E-state index contributed by atoms with van der Waals surface area (Å²) in [6.07, 6.45) is 5.02. The van der Waals surface area contributed by atoms with Crippen LogP contribution in [0.15, 0.2) is 30.3 Å². The van der Waals surface area contributed by atoms with E-state index in [1.807, 2.05) is 37.3 Å². The zero-order chi connectivity index (χ0) is 15.3. The molecule has 3 unspecified atom stereocenters. The first-order chi connectivity index (χ1) is 10.1. The number of hydrogen-bond donors (Lipinski definition) is 2. The smallest absolute Gasteiger partial charge is 0.0994 e. The second-order valence-corrected chi connectivity index (χ2v) is 6.55. The lowest BCUT2D eigenvalue weighted by atomic mass is 9.82. The molecule has 0 spiro atoms. The van der Waals surface area contributed by atoms with E-state index < -0.39 is 5.60 Å². The Morgan fingerprint density at radius 3 is 2.52 bits per heavy atom. The molecule has 1 aromatic rings. The van der Waals surface area contributed by atoms with E-state index in [1.54, 1.807) is 0 Å². The van der Waals surface area contributed by atoms with Gasteiger partial charge in [0.25, 0.3) is 0 Å². The monoisotopic (exact) mass is 290 g/mol. The quantitative estimate of drug-likeness (QED) is 0.847. The van der Waals surface area contributed by atoms with E-state index in [0.29, 0.717) is 18.5 Å². The van der Waals surface area contributed by atoms with Gasteiger partial charge in [0.05, 0.1) is 5.60 Å². The van der Waals surface area contributed by atoms with Gasteiger partial charge in [-0.15, -0.1) is 0 Å². The highest BCUT2D eigenvalue weighted by molar-refractivity contribution is 5.21. The fourth-order valence-electron chi connectivity index (χ4n) is 3.69. The van der Waals surface area contributed by atoms with Gasteiger partial charge in [0, 0.05) is 12.6 Å². The molecule has 118 valence electrons. The molecule has 1 fully saturated rings. The Morgan fingerprint density at radius 2 is 1.90 bits per heavy atom. The fourth-order valence-corrected chi connectivity index (χ4v) is 3.69. The molecule has 0 radical (unpaired) electrons. The summed E-state index contributed by atoms with van der Waals surface area (Å²) in [5.41, 5.74) is 6.15. The largest absolute Gasteiger partial charge is 0.384 e. The third kappa shape index (κ3) is 4.06. The second kappa shape index (κ2) is 7.39. The summed E-state index contributed by atoms with van der Waals surface area (Å²) >= 11 is 0. The van der Waals surface area contributed by atoms with Crippen molar-refractivity contribution in [3.8, 4) is 0 Å². The molecule has 0 bridgehead atoms. The van der Waals surface area contributed by atoms with Crippen molar-refractivity contribution < 1.29 is 5.11 Å². The van der Waals surface area contributed by atoms with Gasteiger partial charge in [0.15, 0.2) is 0 Å². The van der Waals surface area contributed by atoms with E-state index >= 15 is 0 Å². The number of rotatable bonds is 6. The van der Waals surface area contributed by atoms with Gasteiger partial charge in [0.1, 0.15) is 0 Å². The molecule has 0 saturated heterocycles. The molecular formula is C18H30N2O. The van der Waals surface area contributed by atoms with E-state index in [-0.39, 0.29) is 0 Å². The topological polar surface area (TPSA) is 49.5 Å². The molecule has 3 atom stereocenters. The van der Waals surface area contributed by atoms with Crippen molar-refractivity contribution in [3.05, 3.63) is 35.9 Å². The van der Waals surface area contributed by atoms with Gasteiger partial charge in [-0.3, -0.25) is 4.90 Å². The number of nitrogens with zero attached hydrogens (tertiary/aromatic N) is 1. The van der Waals surface area contributed by atoms with Crippen molar-refractivity contribution in [2.75, 3.05) is 19.6 Å². The molecule has 3 N–H and O–H groups in total. The van der Waals surface area contributed by atoms with Crippen LogP contribution in [0.4, 0.5) is 0 Å². The Morgan fingerprint density at radius 1 is 1.24 bits per heavy atom. The SMILES string of the molecule is CCN(CC(C)(O)c1ccccc1)C1CCCCC1CN. The summed E-state index contributed by atoms with van der Waals surface area (Å²) in [5, 5.41) is 10.9. The summed E-state index contributed by atoms with van der Waals surface area (Å²) in [7, 11) is 0. The number of aliphatic hydroxyl groups is 1. The fraction of sp³-hybridized carbons (Fsp3) is 0.667. The highest BCUT2D eigenvalue weighted by Crippen LogP contribution is 2.30. The van der Waals surface area contributed by atoms with E-state index in [0.717, 1.165) is 18.7 Å². The highest BCUT2D eigenvalue weighted by Gasteiger charge is 2.33. The molecule has 21 heavy (non-hydrogen) atoms. The van der Waals surface area contributed by atoms with Crippen molar-refractivity contribution in [2.45, 2.75) is 51.2 Å². The average Bonchev–Trinajstić information content (AvgIpc) is 2.53. The minimum atomic E-state index is -0.812. The van der Waals surface area contributed by atoms with Gasteiger partial charge in [-0.05, 0) is 44.3 Å². The number of likely N-dealkylation sites (N-methyl/N-ethyl adjacent to an activating group) is 1. The van der Waals surface area contributed by atoms with Crippen LogP contribution in [-0.2, 0) is 5.60 Å². The van der Waals surface area contributed by atoms with Crippen LogP contribution >= 0.6 is 0 Å². The zero-order valence-electron chi connectivity index (χ0n) is 13.5. The summed E-state index contributed by atoms with van der Waals surface area (Å²) < 4.78 is 0. The molecule has 0 aromatic heterocycles. The van der Waals surface area contributed by atoms with Crippen LogP contribution in [0.1, 0.15) is 45.1 Å². The molecule has 0 aliphatic heterocycles. The lowest BCUT2D eigenvalue weighted by Gasteiger charge is -2.42. The van der Waals surface area contributed by atoms with Crippen LogP contribution in [0.5, 0.6) is 0 Å². The van der Waals surface area contributed by atoms with Gasteiger partial charge in [-0.2, -0.15) is 0 Å². The van der Waals surface area contributed by atoms with Gasteiger partial charge in [-0.1, -0.05) is 50.1 Å². The minimum absolute atomic E-state index is 0.518. The van der Waals surface area contributed by atoms with Crippen LogP contribution in [0.25, 0.3) is 0 Å². The first kappa shape index (κ1) is 16.5. The Kier molecular flexibility index (Phi) is 5.80. The minimum Gasteiger partial charge on any atom is -0.384 e. The van der Waals surface area contributed by atoms with Crippen LogP contribution in [0.2, 0.25) is 0 Å². The van der Waals surface area contributed by atoms with E-state index in [2.05, 4.69) is 11.8 Å². The molecular weight excluding hydrogens is 260 g/mol. The molecule has 3 nitrogen and oxygen atoms in total. The molecule has 1 aliphatic carbocycles. The Balaban J connectivity index is 2.10. The first-order valence-corrected chi connectivity index (χ1v) is 8.30. The predicted octanol–water partition coefficient (Wildman–Crippen LogP) is 2.73. The summed E-state index contributed by atoms with van der Waals surface area (Å²) in [5.74, 6) is 0.574. The molecule has 0 amide bonds. The second-order valence-electron chi connectivity index (χ2n) is 6.55. The maximum absolute atomic E-state index is 10.9. The van der Waals surface area contributed by atoms with Gasteiger partial charge in [-0.25, -0.2) is 0 Å². The Labute approximate surface area is 129 Å². The predicted molar refractivity (Wildman–Crippen MR) is 88.1 cm³/mol. The van der Waals surface area contributed by atoms with Crippen LogP contribution in [0.3, 0.4) is 0 Å². The van der Waals surface area contributed by atoms with Crippen LogP contribution < -0.4 is 5.73 Å². The molecule has 0 heterocycles. The average molecular weight is 290 g/mol. The maximum atomic E-state index is 10.9. The van der Waals surface area contributed by atoms with Crippen molar-refractivity contribution in [2.24, 2.45) is 11.7 Å². The van der Waals surface area contributed by atoms with Crippen molar-refractivity contribution in [1.82, 2.24) is 4.90 Å². The third-order valence-corrected chi connectivity index (χ3v) is 4.95. The number of benzene rings is 1. The summed E-state index contributed by atoms with van der Waals surface area (Å²) in [6.45, 7) is 6.50. The Bertz CT molecular complexity index is 418. The number of nitrogens with two attached hydrogens (primary N) is 1. The third-order valence-electron chi connectivity index (χ3n) is 4.95. The van der Waals surface area contributed by atoms with Crippen molar-refractivity contribution in [3.63, 3.8) is 0 Å². The molecule has 1 aromatic carbocycles. The number of hydrogen-bond acceptors (Lipinski definition) is 3. The van der Waals surface area contributed by atoms with Gasteiger partial charge < -0.3 is 10.8 Å². The Hall–Kier alpha value is -0.900.